The van der Waals surface area contributed by atoms with Gasteiger partial charge < -0.3 is 10.3 Å². The Kier molecular flexibility index (Phi) is 4.28. The molecule has 4 aromatic rings. The number of nitrogens with two attached hydrogens (primary N) is 1. The minimum Gasteiger partial charge on any atom is -0.384 e. The van der Waals surface area contributed by atoms with E-state index in [2.05, 4.69) is 27.9 Å². The third-order valence-corrected chi connectivity index (χ3v) is 6.39. The lowest BCUT2D eigenvalue weighted by Crippen LogP contribution is -2.23. The number of aromatic nitrogens is 4. The lowest BCUT2D eigenvalue weighted by atomic mass is 9.89. The molecule has 0 radical (unpaired) electrons. The molecule has 0 aliphatic heterocycles. The minimum absolute atomic E-state index is 0.0662. The van der Waals surface area contributed by atoms with Gasteiger partial charge >= 0.3 is 0 Å². The Morgan fingerprint density at radius 1 is 1.13 bits per heavy atom. The highest BCUT2D eigenvalue weighted by Gasteiger charge is 2.52. The van der Waals surface area contributed by atoms with Gasteiger partial charge in [-0.15, -0.1) is 0 Å². The number of benzene rings is 2. The number of hydrogen-bond donors (Lipinski definition) is 2. The van der Waals surface area contributed by atoms with E-state index < -0.39 is 5.41 Å². The van der Waals surface area contributed by atoms with Crippen molar-refractivity contribution in [3.63, 3.8) is 0 Å². The second-order valence-corrected chi connectivity index (χ2v) is 8.33. The zero-order valence-electron chi connectivity index (χ0n) is 17.6. The van der Waals surface area contributed by atoms with Gasteiger partial charge in [-0.25, -0.2) is 4.98 Å². The Balaban J connectivity index is 1.46. The average molecular weight is 412 g/mol. The molecule has 3 N–H and O–H groups in total. The van der Waals surface area contributed by atoms with Crippen LogP contribution < -0.4 is 5.73 Å². The number of nitrogens with one attached hydrogen (secondary N) is 1. The Morgan fingerprint density at radius 3 is 2.48 bits per heavy atom. The van der Waals surface area contributed by atoms with Crippen molar-refractivity contribution in [1.29, 1.82) is 5.41 Å². The highest BCUT2D eigenvalue weighted by Crippen LogP contribution is 2.50. The van der Waals surface area contributed by atoms with Gasteiger partial charge in [0.05, 0.1) is 16.4 Å². The van der Waals surface area contributed by atoms with E-state index in [0.29, 0.717) is 17.7 Å². The smallest absolute Gasteiger partial charge is 0.191 e. The van der Waals surface area contributed by atoms with Crippen molar-refractivity contribution in [2.45, 2.75) is 24.7 Å². The highest BCUT2D eigenvalue weighted by atomic mass is 16.1. The topological polar surface area (TPSA) is 103 Å². The summed E-state index contributed by atoms with van der Waals surface area (Å²) in [6.07, 6.45) is 4.05. The number of nitrogen functional groups attached to an aromatic ring is 1. The fraction of sp³-hybridized carbons (Fsp3) is 0.250. The van der Waals surface area contributed by atoms with Gasteiger partial charge in [0.15, 0.2) is 5.78 Å². The summed E-state index contributed by atoms with van der Waals surface area (Å²) in [7, 11) is 3.82. The first kappa shape index (κ1) is 19.2. The molecule has 7 heteroatoms. The van der Waals surface area contributed by atoms with Crippen molar-refractivity contribution in [3.05, 3.63) is 82.9 Å². The van der Waals surface area contributed by atoms with Crippen LogP contribution in [0.1, 0.15) is 45.8 Å². The number of imidazole rings is 1. The van der Waals surface area contributed by atoms with Crippen LogP contribution in [0.4, 0.5) is 0 Å². The van der Waals surface area contributed by atoms with Gasteiger partial charge in [0.2, 0.25) is 0 Å². The van der Waals surface area contributed by atoms with Crippen molar-refractivity contribution in [2.24, 2.45) is 19.8 Å². The van der Waals surface area contributed by atoms with Crippen LogP contribution in [0.5, 0.6) is 0 Å². The molecule has 2 heterocycles. The molecular weight excluding hydrogens is 388 g/mol. The Morgan fingerprint density at radius 2 is 1.87 bits per heavy atom. The quantitative estimate of drug-likeness (QED) is 0.289. The van der Waals surface area contributed by atoms with Gasteiger partial charge in [0, 0.05) is 32.3 Å². The number of carbonyl (C=O) groups excluding carboxylic acids is 1. The Labute approximate surface area is 180 Å². The van der Waals surface area contributed by atoms with Crippen molar-refractivity contribution >= 4 is 22.7 Å². The SMILES string of the molecule is Cn1nccc1C(=O)C1(c2ccc3c(c2)nc(Cc2ccc(C(=N)N)cc2)n3C)CC1. The molecule has 5 rings (SSSR count). The third kappa shape index (κ3) is 3.13. The lowest BCUT2D eigenvalue weighted by molar-refractivity contribution is 0.0936. The van der Waals surface area contributed by atoms with E-state index in [1.807, 2.05) is 31.3 Å². The van der Waals surface area contributed by atoms with Gasteiger partial charge in [0.25, 0.3) is 0 Å². The molecule has 0 saturated heterocycles. The number of fused-ring (bicyclic) bond motifs is 1. The molecule has 1 saturated carbocycles. The zero-order valence-corrected chi connectivity index (χ0v) is 17.6. The lowest BCUT2D eigenvalue weighted by Gasteiger charge is -2.14. The van der Waals surface area contributed by atoms with Crippen molar-refractivity contribution < 1.29 is 4.79 Å². The van der Waals surface area contributed by atoms with Gasteiger partial charge in [0.1, 0.15) is 17.4 Å². The number of amidine groups is 1. The molecule has 0 bridgehead atoms. The minimum atomic E-state index is -0.456. The summed E-state index contributed by atoms with van der Waals surface area (Å²) in [4.78, 5) is 18.1. The van der Waals surface area contributed by atoms with Gasteiger partial charge in [-0.2, -0.15) is 5.10 Å². The Bertz CT molecular complexity index is 1320. The number of ketones is 1. The molecule has 2 aromatic carbocycles. The van der Waals surface area contributed by atoms with Crippen molar-refractivity contribution in [2.75, 3.05) is 0 Å². The maximum atomic E-state index is 13.2. The normalized spacial score (nSPS) is 14.6. The van der Waals surface area contributed by atoms with Crippen molar-refractivity contribution in [1.82, 2.24) is 19.3 Å². The number of nitrogens with zero attached hydrogens (tertiary/aromatic N) is 4. The largest absolute Gasteiger partial charge is 0.384 e. The van der Waals surface area contributed by atoms with Crippen LogP contribution in [0.25, 0.3) is 11.0 Å². The van der Waals surface area contributed by atoms with Crippen LogP contribution in [-0.2, 0) is 25.9 Å². The molecular formula is C24H24N6O. The molecule has 1 aliphatic rings. The van der Waals surface area contributed by atoms with Crippen LogP contribution in [0.2, 0.25) is 0 Å². The van der Waals surface area contributed by atoms with Gasteiger partial charge in [-0.1, -0.05) is 30.3 Å². The monoisotopic (exact) mass is 412 g/mol. The number of aryl methyl sites for hydroxylation is 2. The first-order valence-corrected chi connectivity index (χ1v) is 10.3. The summed E-state index contributed by atoms with van der Waals surface area (Å²) in [6.45, 7) is 0. The van der Waals surface area contributed by atoms with Gasteiger partial charge in [-0.05, 0) is 42.2 Å². The first-order chi connectivity index (χ1) is 14.9. The molecule has 0 atom stereocenters. The second kappa shape index (κ2) is 6.91. The standard InChI is InChI=1S/C24H24N6O/c1-29-19-8-7-17(24(10-11-24)22(31)20-9-12-27-30(20)2)14-18(19)28-21(29)13-15-3-5-16(6-4-15)23(25)26/h3-9,12,14H,10-11,13H2,1-2H3,(H3,25,26). The van der Waals surface area contributed by atoms with Crippen molar-refractivity contribution in [3.8, 4) is 0 Å². The zero-order chi connectivity index (χ0) is 21.8. The van der Waals surface area contributed by atoms with E-state index in [1.165, 1.54) is 0 Å². The summed E-state index contributed by atoms with van der Waals surface area (Å²) in [5.74, 6) is 1.15. The molecule has 0 unspecified atom stereocenters. The first-order valence-electron chi connectivity index (χ1n) is 10.3. The van der Waals surface area contributed by atoms with E-state index in [-0.39, 0.29) is 11.6 Å². The van der Waals surface area contributed by atoms with Gasteiger partial charge in [-0.3, -0.25) is 14.9 Å². The number of rotatable bonds is 6. The van der Waals surface area contributed by atoms with Crippen LogP contribution >= 0.6 is 0 Å². The van der Waals surface area contributed by atoms with E-state index in [0.717, 1.165) is 40.8 Å². The van der Waals surface area contributed by atoms with Crippen LogP contribution in [0, 0.1) is 5.41 Å². The summed E-state index contributed by atoms with van der Waals surface area (Å²) in [5, 5.41) is 11.7. The third-order valence-electron chi connectivity index (χ3n) is 6.39. The molecule has 0 amide bonds. The summed E-state index contributed by atoms with van der Waals surface area (Å²) in [5.41, 5.74) is 10.5. The molecule has 1 aliphatic carbocycles. The highest BCUT2D eigenvalue weighted by molar-refractivity contribution is 6.05. The van der Waals surface area contributed by atoms with E-state index in [9.17, 15) is 4.79 Å². The molecule has 2 aromatic heterocycles. The maximum absolute atomic E-state index is 13.2. The number of hydrogen-bond acceptors (Lipinski definition) is 4. The second-order valence-electron chi connectivity index (χ2n) is 8.33. The fourth-order valence-corrected chi connectivity index (χ4v) is 4.30. The number of Topliss-reactive ketones (excluding diaryl/α,β-unsaturated/α-hetero) is 1. The summed E-state index contributed by atoms with van der Waals surface area (Å²) >= 11 is 0. The summed E-state index contributed by atoms with van der Waals surface area (Å²) in [6, 6.07) is 15.7. The van der Waals surface area contributed by atoms with E-state index in [4.69, 9.17) is 16.1 Å². The van der Waals surface area contributed by atoms with E-state index in [1.54, 1.807) is 24.0 Å². The molecule has 156 valence electrons. The predicted octanol–water partition coefficient (Wildman–Crippen LogP) is 3.10. The Hall–Kier alpha value is -3.74. The fourth-order valence-electron chi connectivity index (χ4n) is 4.30. The average Bonchev–Trinajstić information content (AvgIpc) is 3.38. The van der Waals surface area contributed by atoms with Crippen LogP contribution in [0.15, 0.2) is 54.7 Å². The number of carbonyl (C=O) groups is 1. The molecule has 7 nitrogen and oxygen atoms in total. The molecule has 1 fully saturated rings. The molecule has 0 spiro atoms. The summed E-state index contributed by atoms with van der Waals surface area (Å²) < 4.78 is 3.75. The van der Waals surface area contributed by atoms with Crippen LogP contribution in [-0.4, -0.2) is 31.0 Å². The predicted molar refractivity (Wildman–Crippen MR) is 119 cm³/mol. The van der Waals surface area contributed by atoms with Crippen LogP contribution in [0.3, 0.4) is 0 Å². The van der Waals surface area contributed by atoms with E-state index >= 15 is 0 Å². The maximum Gasteiger partial charge on any atom is 0.191 e. The molecule has 31 heavy (non-hydrogen) atoms.